The van der Waals surface area contributed by atoms with Crippen LogP contribution in [0.25, 0.3) is 0 Å². The fraction of sp³-hybridized carbons (Fsp3) is 0.714. The van der Waals surface area contributed by atoms with E-state index in [-0.39, 0.29) is 5.54 Å². The van der Waals surface area contributed by atoms with Gasteiger partial charge in [0, 0.05) is 23.0 Å². The van der Waals surface area contributed by atoms with E-state index in [1.54, 1.807) is 0 Å². The Kier molecular flexibility index (Phi) is 3.91. The molecule has 0 spiro atoms. The van der Waals surface area contributed by atoms with Gasteiger partial charge in [-0.25, -0.2) is 0 Å². The lowest BCUT2D eigenvalue weighted by molar-refractivity contribution is -0.0175. The van der Waals surface area contributed by atoms with E-state index in [9.17, 15) is 0 Å². The molecule has 3 heteroatoms. The summed E-state index contributed by atoms with van der Waals surface area (Å²) >= 11 is 1.86. The first-order valence-electron chi connectivity index (χ1n) is 6.53. The molecule has 0 aromatic carbocycles. The molecule has 0 amide bonds. The topological polar surface area (TPSA) is 29.3 Å². The van der Waals surface area contributed by atoms with Crippen LogP contribution in [0.4, 0.5) is 0 Å². The summed E-state index contributed by atoms with van der Waals surface area (Å²) in [6, 6.07) is 4.94. The molecule has 2 N–H and O–H groups in total. The summed E-state index contributed by atoms with van der Waals surface area (Å²) in [6.45, 7) is 5.44. The Morgan fingerprint density at radius 3 is 2.76 bits per heavy atom. The van der Waals surface area contributed by atoms with Gasteiger partial charge in [0.25, 0.3) is 0 Å². The molecule has 0 aliphatic heterocycles. The van der Waals surface area contributed by atoms with Crippen molar-refractivity contribution in [2.24, 2.45) is 11.7 Å². The van der Waals surface area contributed by atoms with E-state index in [0.29, 0.717) is 6.04 Å². The molecule has 1 aliphatic rings. The summed E-state index contributed by atoms with van der Waals surface area (Å²) in [4.78, 5) is 4.00. The van der Waals surface area contributed by atoms with E-state index in [2.05, 4.69) is 43.3 Å². The Hall–Kier alpha value is -0.380. The molecule has 1 aromatic heterocycles. The zero-order chi connectivity index (χ0) is 12.5. The third-order valence-corrected chi connectivity index (χ3v) is 5.22. The molecule has 0 radical (unpaired) electrons. The minimum Gasteiger partial charge on any atom is -0.329 e. The third kappa shape index (κ3) is 2.56. The molecule has 2 nitrogen and oxygen atoms in total. The number of rotatable bonds is 5. The van der Waals surface area contributed by atoms with Gasteiger partial charge < -0.3 is 5.73 Å². The zero-order valence-electron chi connectivity index (χ0n) is 11.1. The van der Waals surface area contributed by atoms with Crippen LogP contribution >= 0.6 is 11.3 Å². The monoisotopic (exact) mass is 252 g/mol. The molecule has 1 aromatic rings. The zero-order valence-corrected chi connectivity index (χ0v) is 12.0. The van der Waals surface area contributed by atoms with Crippen molar-refractivity contribution in [1.82, 2.24) is 4.90 Å². The van der Waals surface area contributed by atoms with E-state index in [0.717, 1.165) is 18.9 Å². The van der Waals surface area contributed by atoms with Crippen LogP contribution in [0.3, 0.4) is 0 Å². The first kappa shape index (κ1) is 13.1. The summed E-state index contributed by atoms with van der Waals surface area (Å²) in [5, 5.41) is 2.16. The summed E-state index contributed by atoms with van der Waals surface area (Å²) in [7, 11) is 2.25. The van der Waals surface area contributed by atoms with Gasteiger partial charge in [0.1, 0.15) is 0 Å². The molecule has 1 atom stereocenters. The highest BCUT2D eigenvalue weighted by Gasteiger charge is 2.45. The molecule has 2 rings (SSSR count). The van der Waals surface area contributed by atoms with Crippen LogP contribution in [0.2, 0.25) is 0 Å². The van der Waals surface area contributed by atoms with E-state index >= 15 is 0 Å². The highest BCUT2D eigenvalue weighted by molar-refractivity contribution is 7.09. The lowest BCUT2D eigenvalue weighted by Crippen LogP contribution is -2.62. The minimum atomic E-state index is 0.274. The first-order valence-corrected chi connectivity index (χ1v) is 7.41. The van der Waals surface area contributed by atoms with Crippen molar-refractivity contribution < 1.29 is 0 Å². The van der Waals surface area contributed by atoms with Crippen molar-refractivity contribution in [2.45, 2.75) is 44.7 Å². The third-order valence-electron chi connectivity index (χ3n) is 4.32. The summed E-state index contributed by atoms with van der Waals surface area (Å²) in [5.74, 6) is 0.843. The Bertz CT molecular complexity index is 341. The van der Waals surface area contributed by atoms with Crippen LogP contribution < -0.4 is 5.73 Å². The van der Waals surface area contributed by atoms with E-state index < -0.39 is 0 Å². The second-order valence-corrected chi connectivity index (χ2v) is 6.72. The van der Waals surface area contributed by atoms with Gasteiger partial charge in [-0.1, -0.05) is 13.0 Å². The summed E-state index contributed by atoms with van der Waals surface area (Å²) in [6.07, 6.45) is 3.66. The highest BCUT2D eigenvalue weighted by Crippen LogP contribution is 2.42. The predicted molar refractivity (Wildman–Crippen MR) is 75.4 cm³/mol. The van der Waals surface area contributed by atoms with Gasteiger partial charge in [0.15, 0.2) is 0 Å². The second kappa shape index (κ2) is 5.09. The van der Waals surface area contributed by atoms with Gasteiger partial charge in [-0.2, -0.15) is 0 Å². The lowest BCUT2D eigenvalue weighted by atomic mass is 9.67. The van der Waals surface area contributed by atoms with Crippen molar-refractivity contribution in [1.29, 1.82) is 0 Å². The fourth-order valence-electron chi connectivity index (χ4n) is 3.16. The Morgan fingerprint density at radius 2 is 2.29 bits per heavy atom. The molecule has 1 aliphatic carbocycles. The van der Waals surface area contributed by atoms with Gasteiger partial charge in [0.2, 0.25) is 0 Å². The maximum Gasteiger partial charge on any atom is 0.0336 e. The Labute approximate surface area is 109 Å². The van der Waals surface area contributed by atoms with Crippen LogP contribution in [0.1, 0.15) is 31.6 Å². The standard InChI is InChI=1S/C14H24N2S/c1-11-8-14(9-11,10-15)16(3)12(2)7-13-5-4-6-17-13/h4-6,11-12H,7-10,15H2,1-3H3. The number of nitrogens with two attached hydrogens (primary N) is 1. The molecule has 1 heterocycles. The minimum absolute atomic E-state index is 0.274. The molecule has 96 valence electrons. The number of hydrogen-bond acceptors (Lipinski definition) is 3. The fourth-order valence-corrected chi connectivity index (χ4v) is 3.99. The number of hydrogen-bond donors (Lipinski definition) is 1. The van der Waals surface area contributed by atoms with Gasteiger partial charge >= 0.3 is 0 Å². The average molecular weight is 252 g/mol. The van der Waals surface area contributed by atoms with E-state index in [4.69, 9.17) is 5.73 Å². The van der Waals surface area contributed by atoms with Crippen molar-refractivity contribution >= 4 is 11.3 Å². The SMILES string of the molecule is CC1CC(CN)(N(C)C(C)Cc2cccs2)C1. The quantitative estimate of drug-likeness (QED) is 0.873. The Morgan fingerprint density at radius 1 is 1.59 bits per heavy atom. The first-order chi connectivity index (χ1) is 8.07. The largest absolute Gasteiger partial charge is 0.329 e. The molecular weight excluding hydrogens is 228 g/mol. The van der Waals surface area contributed by atoms with Gasteiger partial charge in [0.05, 0.1) is 0 Å². The van der Waals surface area contributed by atoms with Crippen LogP contribution in [-0.2, 0) is 6.42 Å². The molecular formula is C14H24N2S. The highest BCUT2D eigenvalue weighted by atomic mass is 32.1. The maximum absolute atomic E-state index is 6.00. The Balaban J connectivity index is 1.96. The van der Waals surface area contributed by atoms with E-state index in [1.807, 2.05) is 11.3 Å². The second-order valence-electron chi connectivity index (χ2n) is 5.69. The smallest absolute Gasteiger partial charge is 0.0336 e. The summed E-state index contributed by atoms with van der Waals surface area (Å²) < 4.78 is 0. The molecule has 17 heavy (non-hydrogen) atoms. The maximum atomic E-state index is 6.00. The average Bonchev–Trinajstić information content (AvgIpc) is 2.76. The van der Waals surface area contributed by atoms with Crippen molar-refractivity contribution in [3.05, 3.63) is 22.4 Å². The van der Waals surface area contributed by atoms with Gasteiger partial charge in [-0.05, 0) is 50.6 Å². The van der Waals surface area contributed by atoms with E-state index in [1.165, 1.54) is 17.7 Å². The molecule has 0 saturated heterocycles. The van der Waals surface area contributed by atoms with Gasteiger partial charge in [-0.15, -0.1) is 11.3 Å². The molecule has 1 fully saturated rings. The van der Waals surface area contributed by atoms with Crippen LogP contribution in [0.15, 0.2) is 17.5 Å². The normalized spacial score (nSPS) is 30.3. The summed E-state index contributed by atoms with van der Waals surface area (Å²) in [5.41, 5.74) is 6.28. The van der Waals surface area contributed by atoms with Crippen molar-refractivity contribution in [3.8, 4) is 0 Å². The van der Waals surface area contributed by atoms with Crippen LogP contribution in [0, 0.1) is 5.92 Å². The van der Waals surface area contributed by atoms with Gasteiger partial charge in [-0.3, -0.25) is 4.90 Å². The van der Waals surface area contributed by atoms with Crippen LogP contribution in [-0.4, -0.2) is 30.1 Å². The number of nitrogens with zero attached hydrogens (tertiary/aromatic N) is 1. The lowest BCUT2D eigenvalue weighted by Gasteiger charge is -2.54. The molecule has 1 unspecified atom stereocenters. The number of likely N-dealkylation sites (N-methyl/N-ethyl adjacent to an activating group) is 1. The predicted octanol–water partition coefficient (Wildman–Crippen LogP) is 2.74. The molecule has 0 bridgehead atoms. The van der Waals surface area contributed by atoms with Crippen LogP contribution in [0.5, 0.6) is 0 Å². The number of thiophene rings is 1. The van der Waals surface area contributed by atoms with Crippen molar-refractivity contribution in [2.75, 3.05) is 13.6 Å². The molecule has 1 saturated carbocycles. The van der Waals surface area contributed by atoms with Crippen molar-refractivity contribution in [3.63, 3.8) is 0 Å².